The van der Waals surface area contributed by atoms with Crippen LogP contribution in [0.3, 0.4) is 0 Å². The van der Waals surface area contributed by atoms with Gasteiger partial charge in [-0.05, 0) is 44.2 Å². The molecule has 1 unspecified atom stereocenters. The van der Waals surface area contributed by atoms with E-state index in [9.17, 15) is 4.79 Å². The summed E-state index contributed by atoms with van der Waals surface area (Å²) in [4.78, 5) is 12.1. The van der Waals surface area contributed by atoms with Gasteiger partial charge in [0.2, 0.25) is 0 Å². The molecule has 0 saturated heterocycles. The normalized spacial score (nSPS) is 12.2. The van der Waals surface area contributed by atoms with Gasteiger partial charge in [0.15, 0.2) is 5.76 Å². The van der Waals surface area contributed by atoms with Crippen LogP contribution in [0, 0.1) is 6.92 Å². The van der Waals surface area contributed by atoms with Crippen molar-refractivity contribution in [3.63, 3.8) is 0 Å². The van der Waals surface area contributed by atoms with Crippen molar-refractivity contribution in [3.8, 4) is 0 Å². The number of nitrogens with one attached hydrogen (secondary N) is 2. The summed E-state index contributed by atoms with van der Waals surface area (Å²) < 4.78 is 5.19. The molecule has 106 valence electrons. The molecule has 1 amide bonds. The Morgan fingerprint density at radius 2 is 2.15 bits per heavy atom. The largest absolute Gasteiger partial charge is 0.459 e. The summed E-state index contributed by atoms with van der Waals surface area (Å²) in [5, 5.41) is 6.21. The van der Waals surface area contributed by atoms with Gasteiger partial charge in [0.05, 0.1) is 6.26 Å². The zero-order valence-corrected chi connectivity index (χ0v) is 12.1. The zero-order chi connectivity index (χ0) is 14.5. The molecule has 1 atom stereocenters. The molecule has 1 heterocycles. The van der Waals surface area contributed by atoms with Gasteiger partial charge in [-0.1, -0.05) is 19.1 Å². The molecule has 4 heteroatoms. The average Bonchev–Trinajstić information content (AvgIpc) is 2.85. The Morgan fingerprint density at radius 1 is 1.35 bits per heavy atom. The van der Waals surface area contributed by atoms with Crippen molar-refractivity contribution in [2.45, 2.75) is 26.8 Å². The first-order chi connectivity index (χ1) is 9.61. The molecule has 1 aromatic heterocycles. The Morgan fingerprint density at radius 3 is 2.80 bits per heavy atom. The molecule has 0 radical (unpaired) electrons. The third kappa shape index (κ3) is 3.27. The molecule has 0 aliphatic rings. The number of hydrogen-bond acceptors (Lipinski definition) is 3. The first kappa shape index (κ1) is 14.3. The Balaban J connectivity index is 2.12. The minimum absolute atomic E-state index is 0.222. The number of carbonyl (C=O) groups excluding carboxylic acids is 1. The minimum atomic E-state index is -0.222. The maximum atomic E-state index is 12.1. The number of carbonyl (C=O) groups is 1. The van der Waals surface area contributed by atoms with E-state index in [0.717, 1.165) is 23.4 Å². The van der Waals surface area contributed by atoms with Crippen molar-refractivity contribution in [3.05, 3.63) is 53.5 Å². The van der Waals surface area contributed by atoms with Crippen LogP contribution in [0.2, 0.25) is 0 Å². The molecular formula is C16H20N2O2. The van der Waals surface area contributed by atoms with Gasteiger partial charge in [-0.25, -0.2) is 0 Å². The summed E-state index contributed by atoms with van der Waals surface area (Å²) in [6, 6.07) is 9.86. The van der Waals surface area contributed by atoms with Crippen LogP contribution in [0.25, 0.3) is 0 Å². The summed E-state index contributed by atoms with van der Waals surface area (Å²) >= 11 is 0. The summed E-state index contributed by atoms with van der Waals surface area (Å²) in [6.07, 6.45) is 1.52. The maximum Gasteiger partial charge on any atom is 0.291 e. The fourth-order valence-electron chi connectivity index (χ4n) is 2.10. The van der Waals surface area contributed by atoms with E-state index in [1.165, 1.54) is 6.26 Å². The van der Waals surface area contributed by atoms with Crippen molar-refractivity contribution < 1.29 is 9.21 Å². The molecule has 1 aromatic carbocycles. The molecule has 0 bridgehead atoms. The summed E-state index contributed by atoms with van der Waals surface area (Å²) in [6.45, 7) is 6.92. The lowest BCUT2D eigenvalue weighted by Crippen LogP contribution is -2.18. The average molecular weight is 272 g/mol. The van der Waals surface area contributed by atoms with E-state index in [-0.39, 0.29) is 11.9 Å². The van der Waals surface area contributed by atoms with E-state index in [2.05, 4.69) is 24.5 Å². The van der Waals surface area contributed by atoms with Crippen LogP contribution in [0.15, 0.2) is 41.0 Å². The smallest absolute Gasteiger partial charge is 0.291 e. The lowest BCUT2D eigenvalue weighted by molar-refractivity contribution is 0.0996. The third-order valence-corrected chi connectivity index (χ3v) is 3.22. The van der Waals surface area contributed by atoms with Crippen molar-refractivity contribution in [1.82, 2.24) is 5.32 Å². The second kappa shape index (κ2) is 6.39. The quantitative estimate of drug-likeness (QED) is 0.875. The van der Waals surface area contributed by atoms with Crippen LogP contribution in [0.5, 0.6) is 0 Å². The van der Waals surface area contributed by atoms with Gasteiger partial charge in [0.1, 0.15) is 0 Å². The number of furan rings is 1. The fourth-order valence-corrected chi connectivity index (χ4v) is 2.10. The van der Waals surface area contributed by atoms with Gasteiger partial charge in [-0.2, -0.15) is 0 Å². The minimum Gasteiger partial charge on any atom is -0.459 e. The van der Waals surface area contributed by atoms with Crippen LogP contribution in [0.4, 0.5) is 5.69 Å². The Bertz CT molecular complexity index is 590. The number of anilines is 1. The molecule has 0 aliphatic carbocycles. The number of benzene rings is 1. The second-order valence-corrected chi connectivity index (χ2v) is 4.79. The van der Waals surface area contributed by atoms with Gasteiger partial charge in [-0.15, -0.1) is 0 Å². The predicted molar refractivity (Wildman–Crippen MR) is 79.9 cm³/mol. The highest BCUT2D eigenvalue weighted by atomic mass is 16.3. The highest BCUT2D eigenvalue weighted by molar-refractivity contribution is 6.03. The highest BCUT2D eigenvalue weighted by Gasteiger charge is 2.13. The maximum absolute atomic E-state index is 12.1. The fraction of sp³-hybridized carbons (Fsp3) is 0.312. The van der Waals surface area contributed by atoms with Gasteiger partial charge < -0.3 is 15.1 Å². The summed E-state index contributed by atoms with van der Waals surface area (Å²) in [5.41, 5.74) is 2.74. The molecule has 20 heavy (non-hydrogen) atoms. The molecule has 0 aliphatic heterocycles. The second-order valence-electron chi connectivity index (χ2n) is 4.79. The summed E-state index contributed by atoms with van der Waals surface area (Å²) in [7, 11) is 0. The van der Waals surface area contributed by atoms with E-state index < -0.39 is 0 Å². The number of hydrogen-bond donors (Lipinski definition) is 2. The number of rotatable bonds is 5. The summed E-state index contributed by atoms with van der Waals surface area (Å²) in [5.74, 6) is 0.135. The molecule has 0 spiro atoms. The van der Waals surface area contributed by atoms with Crippen molar-refractivity contribution in [2.75, 3.05) is 11.9 Å². The van der Waals surface area contributed by atoms with Crippen LogP contribution >= 0.6 is 0 Å². The van der Waals surface area contributed by atoms with Crippen molar-refractivity contribution in [1.29, 1.82) is 0 Å². The van der Waals surface area contributed by atoms with E-state index in [0.29, 0.717) is 5.76 Å². The molecule has 0 saturated carbocycles. The molecular weight excluding hydrogens is 252 g/mol. The molecule has 2 N–H and O–H groups in total. The van der Waals surface area contributed by atoms with Gasteiger partial charge >= 0.3 is 0 Å². The third-order valence-electron chi connectivity index (χ3n) is 3.22. The van der Waals surface area contributed by atoms with E-state index in [4.69, 9.17) is 4.42 Å². The van der Waals surface area contributed by atoms with Crippen LogP contribution < -0.4 is 10.6 Å². The highest BCUT2D eigenvalue weighted by Crippen LogP contribution is 2.18. The Hall–Kier alpha value is -2.07. The van der Waals surface area contributed by atoms with E-state index in [1.807, 2.05) is 31.2 Å². The number of amides is 1. The monoisotopic (exact) mass is 272 g/mol. The van der Waals surface area contributed by atoms with Gasteiger partial charge in [0.25, 0.3) is 5.91 Å². The zero-order valence-electron chi connectivity index (χ0n) is 12.1. The van der Waals surface area contributed by atoms with E-state index in [1.54, 1.807) is 6.07 Å². The standard InChI is InChI=1S/C16H20N2O2/c1-4-17-12(3)13-6-5-7-14(10-13)18-16(19)15-11(2)8-9-20-15/h5-10,12,17H,4H2,1-3H3,(H,18,19). The molecule has 4 nitrogen and oxygen atoms in total. The van der Waals surface area contributed by atoms with Gasteiger partial charge in [-0.3, -0.25) is 4.79 Å². The van der Waals surface area contributed by atoms with Crippen LogP contribution in [0.1, 0.15) is 41.6 Å². The lowest BCUT2D eigenvalue weighted by atomic mass is 10.1. The molecule has 2 aromatic rings. The van der Waals surface area contributed by atoms with E-state index >= 15 is 0 Å². The predicted octanol–water partition coefficient (Wildman–Crippen LogP) is 3.51. The van der Waals surface area contributed by atoms with Crippen LogP contribution in [-0.4, -0.2) is 12.5 Å². The SMILES string of the molecule is CCNC(C)c1cccc(NC(=O)c2occc2C)c1. The Labute approximate surface area is 119 Å². The lowest BCUT2D eigenvalue weighted by Gasteiger charge is -2.14. The number of aryl methyl sites for hydroxylation is 1. The van der Waals surface area contributed by atoms with Crippen molar-refractivity contribution >= 4 is 11.6 Å². The molecule has 0 fully saturated rings. The molecule has 2 rings (SSSR count). The topological polar surface area (TPSA) is 54.3 Å². The van der Waals surface area contributed by atoms with Crippen LogP contribution in [-0.2, 0) is 0 Å². The Kier molecular flexibility index (Phi) is 4.58. The first-order valence-electron chi connectivity index (χ1n) is 6.80. The van der Waals surface area contributed by atoms with Crippen molar-refractivity contribution in [2.24, 2.45) is 0 Å². The first-order valence-corrected chi connectivity index (χ1v) is 6.80. The van der Waals surface area contributed by atoms with Gasteiger partial charge in [0, 0.05) is 17.3 Å².